The van der Waals surface area contributed by atoms with Gasteiger partial charge in [-0.2, -0.15) is 0 Å². The van der Waals surface area contributed by atoms with Crippen molar-refractivity contribution in [2.45, 2.75) is 18.9 Å². The van der Waals surface area contributed by atoms with Gasteiger partial charge in [0.15, 0.2) is 11.5 Å². The molecular weight excluding hydrogens is 258 g/mol. The summed E-state index contributed by atoms with van der Waals surface area (Å²) in [5, 5.41) is 5.79. The van der Waals surface area contributed by atoms with Gasteiger partial charge >= 0.3 is 0 Å². The number of anilines is 1. The van der Waals surface area contributed by atoms with Gasteiger partial charge in [-0.05, 0) is 42.3 Å². The van der Waals surface area contributed by atoms with Crippen LogP contribution in [0.15, 0.2) is 35.7 Å². The van der Waals surface area contributed by atoms with Gasteiger partial charge in [-0.1, -0.05) is 6.07 Å². The molecule has 19 heavy (non-hydrogen) atoms. The van der Waals surface area contributed by atoms with Crippen LogP contribution >= 0.6 is 11.3 Å². The molecule has 1 aromatic heterocycles. The molecule has 2 aromatic rings. The number of rotatable bonds is 4. The summed E-state index contributed by atoms with van der Waals surface area (Å²) < 4.78 is 10.8. The molecule has 2 heterocycles. The van der Waals surface area contributed by atoms with Crippen molar-refractivity contribution in [2.24, 2.45) is 5.92 Å². The van der Waals surface area contributed by atoms with Crippen molar-refractivity contribution in [1.82, 2.24) is 0 Å². The maximum Gasteiger partial charge on any atom is 0.231 e. The normalized spacial score (nSPS) is 18.3. The number of ether oxygens (including phenoxy) is 2. The van der Waals surface area contributed by atoms with Crippen molar-refractivity contribution in [3.8, 4) is 11.5 Å². The molecule has 2 aliphatic rings. The van der Waals surface area contributed by atoms with E-state index in [9.17, 15) is 0 Å². The molecule has 0 bridgehead atoms. The van der Waals surface area contributed by atoms with E-state index in [4.69, 9.17) is 9.47 Å². The summed E-state index contributed by atoms with van der Waals surface area (Å²) in [7, 11) is 0. The third kappa shape index (κ3) is 2.16. The third-order valence-electron chi connectivity index (χ3n) is 3.64. The van der Waals surface area contributed by atoms with Crippen molar-refractivity contribution in [2.75, 3.05) is 12.1 Å². The molecule has 1 N–H and O–H groups in total. The van der Waals surface area contributed by atoms with Crippen LogP contribution < -0.4 is 14.8 Å². The van der Waals surface area contributed by atoms with Crippen molar-refractivity contribution >= 4 is 17.0 Å². The first-order valence-electron chi connectivity index (χ1n) is 6.60. The third-order valence-corrected chi connectivity index (χ3v) is 4.59. The summed E-state index contributed by atoms with van der Waals surface area (Å²) in [5.41, 5.74) is 1.11. The van der Waals surface area contributed by atoms with Crippen molar-refractivity contribution < 1.29 is 9.47 Å². The van der Waals surface area contributed by atoms with E-state index in [1.54, 1.807) is 0 Å². The van der Waals surface area contributed by atoms with E-state index in [-0.39, 0.29) is 0 Å². The molecule has 98 valence electrons. The van der Waals surface area contributed by atoms with Crippen LogP contribution in [0.25, 0.3) is 0 Å². The van der Waals surface area contributed by atoms with Gasteiger partial charge in [0.1, 0.15) is 0 Å². The van der Waals surface area contributed by atoms with Crippen LogP contribution in [0.3, 0.4) is 0 Å². The van der Waals surface area contributed by atoms with Gasteiger partial charge in [0.2, 0.25) is 6.79 Å². The van der Waals surface area contributed by atoms with Gasteiger partial charge in [0, 0.05) is 16.6 Å². The van der Waals surface area contributed by atoms with Crippen LogP contribution in [-0.4, -0.2) is 6.79 Å². The predicted octanol–water partition coefficient (Wildman–Crippen LogP) is 4.04. The number of hydrogen-bond donors (Lipinski definition) is 1. The lowest BCUT2D eigenvalue weighted by Crippen LogP contribution is -2.11. The van der Waals surface area contributed by atoms with Crippen molar-refractivity contribution in [3.63, 3.8) is 0 Å². The second-order valence-corrected chi connectivity index (χ2v) is 6.02. The van der Waals surface area contributed by atoms with Gasteiger partial charge in [-0.15, -0.1) is 11.3 Å². The fourth-order valence-electron chi connectivity index (χ4n) is 2.48. The van der Waals surface area contributed by atoms with E-state index in [1.165, 1.54) is 17.7 Å². The minimum atomic E-state index is 0.329. The summed E-state index contributed by atoms with van der Waals surface area (Å²) in [6.45, 7) is 0.329. The van der Waals surface area contributed by atoms with E-state index < -0.39 is 0 Å². The first-order chi connectivity index (χ1) is 9.40. The SMILES string of the molecule is c1csc(C(Nc2ccc3c(c2)OCO3)C2CC2)c1. The van der Waals surface area contributed by atoms with Gasteiger partial charge in [0.25, 0.3) is 0 Å². The van der Waals surface area contributed by atoms with E-state index >= 15 is 0 Å². The zero-order valence-electron chi connectivity index (χ0n) is 10.5. The van der Waals surface area contributed by atoms with Crippen LogP contribution in [0.2, 0.25) is 0 Å². The van der Waals surface area contributed by atoms with E-state index in [0.29, 0.717) is 12.8 Å². The highest BCUT2D eigenvalue weighted by atomic mass is 32.1. The summed E-state index contributed by atoms with van der Waals surface area (Å²) >= 11 is 1.83. The fraction of sp³-hybridized carbons (Fsp3) is 0.333. The lowest BCUT2D eigenvalue weighted by molar-refractivity contribution is 0.174. The minimum absolute atomic E-state index is 0.329. The minimum Gasteiger partial charge on any atom is -0.454 e. The lowest BCUT2D eigenvalue weighted by Gasteiger charge is -2.18. The standard InChI is InChI=1S/C15H15NO2S/c1-2-14(19-7-1)15(10-3-4-10)16-11-5-6-12-13(8-11)18-9-17-12/h1-2,5-8,10,15-16H,3-4,9H2. The molecule has 0 spiro atoms. The summed E-state index contributed by atoms with van der Waals surface area (Å²) in [4.78, 5) is 1.42. The zero-order valence-corrected chi connectivity index (χ0v) is 11.3. The summed E-state index contributed by atoms with van der Waals surface area (Å²) in [6.07, 6.45) is 2.64. The Morgan fingerprint density at radius 3 is 2.84 bits per heavy atom. The first kappa shape index (κ1) is 11.2. The maximum absolute atomic E-state index is 5.43. The Hall–Kier alpha value is -1.68. The number of nitrogens with one attached hydrogen (secondary N) is 1. The molecule has 0 amide bonds. The smallest absolute Gasteiger partial charge is 0.231 e. The summed E-state index contributed by atoms with van der Waals surface area (Å²) in [5.74, 6) is 2.44. The van der Waals surface area contributed by atoms with E-state index in [2.05, 4.69) is 28.9 Å². The Balaban J connectivity index is 1.59. The Morgan fingerprint density at radius 2 is 2.05 bits per heavy atom. The lowest BCUT2D eigenvalue weighted by atomic mass is 10.1. The molecule has 1 aliphatic carbocycles. The average Bonchev–Trinajstić information content (AvgIpc) is 2.93. The van der Waals surface area contributed by atoms with E-state index in [1.807, 2.05) is 23.5 Å². The Morgan fingerprint density at radius 1 is 1.16 bits per heavy atom. The van der Waals surface area contributed by atoms with Crippen LogP contribution in [0.1, 0.15) is 23.8 Å². The average molecular weight is 273 g/mol. The molecule has 1 aromatic carbocycles. The maximum atomic E-state index is 5.43. The molecule has 1 aliphatic heterocycles. The quantitative estimate of drug-likeness (QED) is 0.912. The molecule has 4 rings (SSSR count). The molecular formula is C15H15NO2S. The molecule has 1 fully saturated rings. The van der Waals surface area contributed by atoms with Gasteiger partial charge in [0.05, 0.1) is 6.04 Å². The molecule has 3 nitrogen and oxygen atoms in total. The van der Waals surface area contributed by atoms with Gasteiger partial charge < -0.3 is 14.8 Å². The Labute approximate surface area is 116 Å². The largest absolute Gasteiger partial charge is 0.454 e. The van der Waals surface area contributed by atoms with Crippen molar-refractivity contribution in [1.29, 1.82) is 0 Å². The second-order valence-electron chi connectivity index (χ2n) is 5.04. The molecule has 4 heteroatoms. The van der Waals surface area contributed by atoms with Gasteiger partial charge in [-0.3, -0.25) is 0 Å². The van der Waals surface area contributed by atoms with E-state index in [0.717, 1.165) is 23.1 Å². The molecule has 1 unspecified atom stereocenters. The Kier molecular flexibility index (Phi) is 2.62. The zero-order chi connectivity index (χ0) is 12.7. The fourth-order valence-corrected chi connectivity index (χ4v) is 3.35. The van der Waals surface area contributed by atoms with Crippen LogP contribution in [-0.2, 0) is 0 Å². The molecule has 1 atom stereocenters. The highest BCUT2D eigenvalue weighted by molar-refractivity contribution is 7.10. The van der Waals surface area contributed by atoms with Crippen LogP contribution in [0.4, 0.5) is 5.69 Å². The molecule has 1 saturated carbocycles. The number of fused-ring (bicyclic) bond motifs is 1. The molecule has 0 radical (unpaired) electrons. The molecule has 0 saturated heterocycles. The topological polar surface area (TPSA) is 30.5 Å². The number of benzene rings is 1. The monoisotopic (exact) mass is 273 g/mol. The number of hydrogen-bond acceptors (Lipinski definition) is 4. The van der Waals surface area contributed by atoms with Crippen LogP contribution in [0, 0.1) is 5.92 Å². The van der Waals surface area contributed by atoms with Crippen LogP contribution in [0.5, 0.6) is 11.5 Å². The highest BCUT2D eigenvalue weighted by Crippen LogP contribution is 2.45. The number of thiophene rings is 1. The predicted molar refractivity (Wildman–Crippen MR) is 76.0 cm³/mol. The Bertz CT molecular complexity index is 578. The second kappa shape index (κ2) is 4.46. The first-order valence-corrected chi connectivity index (χ1v) is 7.48. The van der Waals surface area contributed by atoms with Crippen molar-refractivity contribution in [3.05, 3.63) is 40.6 Å². The summed E-state index contributed by atoms with van der Waals surface area (Å²) in [6, 6.07) is 10.8. The highest BCUT2D eigenvalue weighted by Gasteiger charge is 2.33. The van der Waals surface area contributed by atoms with Gasteiger partial charge in [-0.25, -0.2) is 0 Å².